The lowest BCUT2D eigenvalue weighted by Gasteiger charge is -2.31. The van der Waals surface area contributed by atoms with Crippen LogP contribution in [0.25, 0.3) is 0 Å². The zero-order valence-corrected chi connectivity index (χ0v) is 25.2. The number of aromatic nitrogens is 1. The molecule has 13 nitrogen and oxygen atoms in total. The largest absolute Gasteiger partial charge is 0.445 e. The van der Waals surface area contributed by atoms with Gasteiger partial charge in [0.15, 0.2) is 6.10 Å². The van der Waals surface area contributed by atoms with Crippen molar-refractivity contribution in [3.8, 4) is 0 Å². The van der Waals surface area contributed by atoms with Gasteiger partial charge in [-0.3, -0.25) is 24.2 Å². The number of carbonyl (C=O) groups excluding carboxylic acids is 5. The lowest BCUT2D eigenvalue weighted by atomic mass is 9.99. The van der Waals surface area contributed by atoms with Gasteiger partial charge in [0.2, 0.25) is 17.7 Å². The normalized spacial score (nSPS) is 16.0. The molecule has 2 heterocycles. The van der Waals surface area contributed by atoms with Gasteiger partial charge in [-0.05, 0) is 42.0 Å². The highest BCUT2D eigenvalue weighted by molar-refractivity contribution is 5.93. The molecule has 46 heavy (non-hydrogen) atoms. The molecule has 242 valence electrons. The van der Waals surface area contributed by atoms with E-state index >= 15 is 0 Å². The van der Waals surface area contributed by atoms with Crippen molar-refractivity contribution in [2.24, 2.45) is 5.73 Å². The molecule has 5 amide bonds. The number of pyridine rings is 1. The SMILES string of the molecule is NC(=O)CC(NC(=O)OCc1ccccc1)C(=O)NC(Cc1ccccc1)C(O)C(=O)N1CCCC1C(=O)NCc1cccnc1. The zero-order valence-electron chi connectivity index (χ0n) is 25.2. The van der Waals surface area contributed by atoms with E-state index in [1.807, 2.05) is 12.1 Å². The minimum atomic E-state index is -1.75. The summed E-state index contributed by atoms with van der Waals surface area (Å²) in [7, 11) is 0. The van der Waals surface area contributed by atoms with E-state index in [4.69, 9.17) is 10.5 Å². The number of primary amides is 1. The van der Waals surface area contributed by atoms with Gasteiger partial charge in [-0.15, -0.1) is 0 Å². The number of nitrogens with two attached hydrogens (primary N) is 1. The van der Waals surface area contributed by atoms with Gasteiger partial charge in [-0.25, -0.2) is 4.79 Å². The van der Waals surface area contributed by atoms with Crippen LogP contribution in [0, 0.1) is 0 Å². The molecule has 0 radical (unpaired) electrons. The smallest absolute Gasteiger partial charge is 0.408 e. The van der Waals surface area contributed by atoms with Crippen molar-refractivity contribution in [3.05, 3.63) is 102 Å². The van der Waals surface area contributed by atoms with Crippen molar-refractivity contribution in [1.29, 1.82) is 0 Å². The number of aliphatic hydroxyl groups excluding tert-OH is 1. The van der Waals surface area contributed by atoms with Crippen molar-refractivity contribution in [3.63, 3.8) is 0 Å². The Morgan fingerprint density at radius 2 is 1.61 bits per heavy atom. The Labute approximate surface area is 266 Å². The predicted octanol–water partition coefficient (Wildman–Crippen LogP) is 0.948. The Morgan fingerprint density at radius 3 is 2.26 bits per heavy atom. The summed E-state index contributed by atoms with van der Waals surface area (Å²) in [6.45, 7) is 0.392. The fourth-order valence-electron chi connectivity index (χ4n) is 5.17. The maximum atomic E-state index is 13.7. The molecular formula is C33H38N6O7. The average Bonchev–Trinajstić information content (AvgIpc) is 3.56. The Bertz CT molecular complexity index is 1480. The molecule has 4 rings (SSSR count). The molecule has 0 aliphatic carbocycles. The standard InChI is InChI=1S/C33H38N6O7/c34-28(40)18-26(38-33(45)46-21-23-11-5-2-6-12-23)30(42)37-25(17-22-9-3-1-4-10-22)29(41)32(44)39-16-8-14-27(39)31(43)36-20-24-13-7-15-35-19-24/h1-7,9-13,15,19,25-27,29,41H,8,14,16-18,20-21H2,(H2,34,40)(H,36,43)(H,37,42)(H,38,45). The highest BCUT2D eigenvalue weighted by atomic mass is 16.5. The molecule has 4 unspecified atom stereocenters. The summed E-state index contributed by atoms with van der Waals surface area (Å²) in [5.74, 6) is -2.82. The van der Waals surface area contributed by atoms with Gasteiger partial charge in [0.05, 0.1) is 12.5 Å². The van der Waals surface area contributed by atoms with Crippen LogP contribution in [0.4, 0.5) is 4.79 Å². The van der Waals surface area contributed by atoms with Gasteiger partial charge in [0.1, 0.15) is 18.7 Å². The summed E-state index contributed by atoms with van der Waals surface area (Å²) < 4.78 is 5.19. The van der Waals surface area contributed by atoms with E-state index in [-0.39, 0.29) is 32.0 Å². The predicted molar refractivity (Wildman–Crippen MR) is 166 cm³/mol. The van der Waals surface area contributed by atoms with E-state index in [0.29, 0.717) is 24.0 Å². The molecule has 3 aromatic rings. The molecule has 0 bridgehead atoms. The Hall–Kier alpha value is -5.30. The minimum Gasteiger partial charge on any atom is -0.445 e. The second-order valence-electron chi connectivity index (χ2n) is 10.9. The molecule has 1 aliphatic heterocycles. The van der Waals surface area contributed by atoms with Crippen molar-refractivity contribution in [1.82, 2.24) is 25.8 Å². The van der Waals surface area contributed by atoms with Crippen molar-refractivity contribution in [2.75, 3.05) is 6.54 Å². The number of rotatable bonds is 14. The number of nitrogens with one attached hydrogen (secondary N) is 3. The summed E-state index contributed by atoms with van der Waals surface area (Å²) in [5.41, 5.74) is 7.57. The molecule has 1 aromatic heterocycles. The van der Waals surface area contributed by atoms with E-state index in [1.165, 1.54) is 4.90 Å². The number of hydrogen-bond acceptors (Lipinski definition) is 8. The lowest BCUT2D eigenvalue weighted by molar-refractivity contribution is -0.147. The summed E-state index contributed by atoms with van der Waals surface area (Å²) >= 11 is 0. The number of amides is 5. The molecule has 2 aromatic carbocycles. The third-order valence-corrected chi connectivity index (χ3v) is 7.51. The molecule has 4 atom stereocenters. The van der Waals surface area contributed by atoms with Crippen LogP contribution in [0.5, 0.6) is 0 Å². The fourth-order valence-corrected chi connectivity index (χ4v) is 5.17. The third kappa shape index (κ3) is 9.86. The van der Waals surface area contributed by atoms with E-state index in [1.54, 1.807) is 73.1 Å². The zero-order chi connectivity index (χ0) is 32.9. The Balaban J connectivity index is 1.45. The number of benzene rings is 2. The van der Waals surface area contributed by atoms with Gasteiger partial charge >= 0.3 is 6.09 Å². The Kier molecular flexibility index (Phi) is 12.2. The van der Waals surface area contributed by atoms with E-state index in [2.05, 4.69) is 20.9 Å². The number of nitrogens with zero attached hydrogens (tertiary/aromatic N) is 2. The fraction of sp³-hybridized carbons (Fsp3) is 0.333. The number of likely N-dealkylation sites (tertiary alicyclic amines) is 1. The molecular weight excluding hydrogens is 592 g/mol. The first-order valence-electron chi connectivity index (χ1n) is 15.0. The van der Waals surface area contributed by atoms with Gasteiger partial charge < -0.3 is 36.4 Å². The number of ether oxygens (including phenoxy) is 1. The van der Waals surface area contributed by atoms with Crippen LogP contribution in [0.1, 0.15) is 36.0 Å². The van der Waals surface area contributed by atoms with Crippen LogP contribution in [-0.2, 0) is 43.5 Å². The van der Waals surface area contributed by atoms with Crippen LogP contribution < -0.4 is 21.7 Å². The number of hydrogen-bond donors (Lipinski definition) is 5. The molecule has 0 spiro atoms. The second-order valence-corrected chi connectivity index (χ2v) is 10.9. The van der Waals surface area contributed by atoms with E-state index in [0.717, 1.165) is 5.56 Å². The molecule has 1 aliphatic rings. The van der Waals surface area contributed by atoms with Crippen molar-refractivity contribution < 1.29 is 33.8 Å². The molecule has 1 fully saturated rings. The number of alkyl carbamates (subject to hydrolysis) is 1. The summed E-state index contributed by atoms with van der Waals surface area (Å²) in [6, 6.07) is 17.9. The minimum absolute atomic E-state index is 0.0347. The van der Waals surface area contributed by atoms with Crippen LogP contribution in [0.2, 0.25) is 0 Å². The second kappa shape index (κ2) is 16.7. The summed E-state index contributed by atoms with van der Waals surface area (Å²) in [6.07, 6.45) is 0.971. The third-order valence-electron chi connectivity index (χ3n) is 7.51. The Morgan fingerprint density at radius 1 is 0.935 bits per heavy atom. The summed E-state index contributed by atoms with van der Waals surface area (Å²) in [5, 5.41) is 19.2. The molecule has 0 saturated carbocycles. The average molecular weight is 631 g/mol. The molecule has 1 saturated heterocycles. The topological polar surface area (TPSA) is 193 Å². The lowest BCUT2D eigenvalue weighted by Crippen LogP contribution is -2.58. The van der Waals surface area contributed by atoms with Gasteiger partial charge in [0, 0.05) is 25.5 Å². The maximum Gasteiger partial charge on any atom is 0.408 e. The highest BCUT2D eigenvalue weighted by Crippen LogP contribution is 2.20. The first-order valence-corrected chi connectivity index (χ1v) is 15.0. The molecule has 6 N–H and O–H groups in total. The van der Waals surface area contributed by atoms with Crippen LogP contribution in [-0.4, -0.2) is 75.5 Å². The van der Waals surface area contributed by atoms with Crippen LogP contribution in [0.3, 0.4) is 0 Å². The van der Waals surface area contributed by atoms with Crippen molar-refractivity contribution in [2.45, 2.75) is 63.1 Å². The van der Waals surface area contributed by atoms with E-state index < -0.39 is 54.5 Å². The van der Waals surface area contributed by atoms with Gasteiger partial charge in [0.25, 0.3) is 5.91 Å². The number of aliphatic hydroxyl groups is 1. The summed E-state index contributed by atoms with van der Waals surface area (Å²) in [4.78, 5) is 69.8. The first-order chi connectivity index (χ1) is 22.2. The highest BCUT2D eigenvalue weighted by Gasteiger charge is 2.40. The monoisotopic (exact) mass is 630 g/mol. The van der Waals surface area contributed by atoms with Crippen LogP contribution in [0.15, 0.2) is 85.2 Å². The van der Waals surface area contributed by atoms with Gasteiger partial charge in [-0.1, -0.05) is 66.7 Å². The van der Waals surface area contributed by atoms with E-state index in [9.17, 15) is 29.1 Å². The first kappa shape index (κ1) is 33.6. The van der Waals surface area contributed by atoms with Gasteiger partial charge in [-0.2, -0.15) is 0 Å². The molecule has 13 heteroatoms. The number of carbonyl (C=O) groups is 5. The quantitative estimate of drug-likeness (QED) is 0.174. The maximum absolute atomic E-state index is 13.7. The van der Waals surface area contributed by atoms with Crippen LogP contribution >= 0.6 is 0 Å². The van der Waals surface area contributed by atoms with Crippen molar-refractivity contribution >= 4 is 29.7 Å².